The lowest BCUT2D eigenvalue weighted by molar-refractivity contribution is -0.136. The Morgan fingerprint density at radius 2 is 1.96 bits per heavy atom. The fraction of sp³-hybridized carbons (Fsp3) is 0.625. The van der Waals surface area contributed by atoms with Gasteiger partial charge in [-0.25, -0.2) is 0 Å². The van der Waals surface area contributed by atoms with Gasteiger partial charge in [0.15, 0.2) is 0 Å². The Bertz CT molecular complexity index is 860. The minimum Gasteiger partial charge on any atom is -0.316 e. The van der Waals surface area contributed by atoms with Gasteiger partial charge in [0.05, 0.1) is 11.9 Å². The van der Waals surface area contributed by atoms with Gasteiger partial charge in [-0.05, 0) is 67.8 Å². The molecule has 1 aromatic rings. The second-order valence-electron chi connectivity index (χ2n) is 9.66. The van der Waals surface area contributed by atoms with Crippen LogP contribution in [0.15, 0.2) is 36.4 Å². The summed E-state index contributed by atoms with van der Waals surface area (Å²) in [5.41, 5.74) is 4.16. The van der Waals surface area contributed by atoms with Gasteiger partial charge < -0.3 is 4.90 Å². The molecule has 1 aliphatic heterocycles. The van der Waals surface area contributed by atoms with Crippen LogP contribution >= 0.6 is 0 Å². The SMILES string of the molecule is CCN1C(=O)CC[C@@]2(C)C1=CC[C@@H]1[C@@H]2CC[C@]2(C)C(c3cnccn3)=CC[C@@H]12. The molecule has 0 bridgehead atoms. The maximum absolute atomic E-state index is 12.5. The second-order valence-corrected chi connectivity index (χ2v) is 9.66. The van der Waals surface area contributed by atoms with Gasteiger partial charge in [-0.3, -0.25) is 14.8 Å². The van der Waals surface area contributed by atoms with Gasteiger partial charge in [0, 0.05) is 36.5 Å². The van der Waals surface area contributed by atoms with Crippen molar-refractivity contribution in [3.8, 4) is 0 Å². The molecule has 4 aliphatic rings. The Labute approximate surface area is 168 Å². The van der Waals surface area contributed by atoms with Crippen LogP contribution in [0.2, 0.25) is 0 Å². The minimum atomic E-state index is 0.156. The third kappa shape index (κ3) is 2.33. The molecule has 0 spiro atoms. The molecule has 5 atom stereocenters. The molecule has 0 aromatic carbocycles. The van der Waals surface area contributed by atoms with Crippen molar-refractivity contribution < 1.29 is 4.79 Å². The van der Waals surface area contributed by atoms with Crippen LogP contribution in [0.5, 0.6) is 0 Å². The molecule has 1 aromatic heterocycles. The van der Waals surface area contributed by atoms with Crippen LogP contribution in [-0.2, 0) is 4.79 Å². The van der Waals surface area contributed by atoms with Gasteiger partial charge in [0.2, 0.25) is 5.91 Å². The monoisotopic (exact) mass is 377 g/mol. The third-order valence-corrected chi connectivity index (χ3v) is 8.61. The number of piperidine rings is 1. The molecule has 2 fully saturated rings. The Kier molecular flexibility index (Phi) is 4.05. The molecule has 1 amide bonds. The smallest absolute Gasteiger partial charge is 0.226 e. The molecule has 1 saturated heterocycles. The van der Waals surface area contributed by atoms with Gasteiger partial charge in [-0.15, -0.1) is 0 Å². The van der Waals surface area contributed by atoms with Crippen LogP contribution in [-0.4, -0.2) is 27.3 Å². The van der Waals surface area contributed by atoms with Crippen LogP contribution in [0.3, 0.4) is 0 Å². The summed E-state index contributed by atoms with van der Waals surface area (Å²) in [5.74, 6) is 2.37. The highest BCUT2D eigenvalue weighted by molar-refractivity contribution is 5.80. The van der Waals surface area contributed by atoms with E-state index in [1.807, 2.05) is 12.4 Å². The van der Waals surface area contributed by atoms with E-state index in [0.717, 1.165) is 31.5 Å². The number of aromatic nitrogens is 2. The van der Waals surface area contributed by atoms with E-state index in [0.29, 0.717) is 30.1 Å². The second kappa shape index (κ2) is 6.27. The zero-order valence-corrected chi connectivity index (χ0v) is 17.3. The van der Waals surface area contributed by atoms with Gasteiger partial charge in [-0.2, -0.15) is 0 Å². The molecule has 0 unspecified atom stereocenters. The summed E-state index contributed by atoms with van der Waals surface area (Å²) in [4.78, 5) is 23.5. The molecule has 3 aliphatic carbocycles. The lowest BCUT2D eigenvalue weighted by atomic mass is 9.49. The maximum Gasteiger partial charge on any atom is 0.226 e. The molecule has 28 heavy (non-hydrogen) atoms. The van der Waals surface area contributed by atoms with Crippen molar-refractivity contribution in [1.29, 1.82) is 0 Å². The van der Waals surface area contributed by atoms with Crippen molar-refractivity contribution in [2.45, 2.75) is 59.3 Å². The number of carbonyl (C=O) groups excluding carboxylic acids is 1. The molecule has 0 radical (unpaired) electrons. The fourth-order valence-electron chi connectivity index (χ4n) is 7.20. The lowest BCUT2D eigenvalue weighted by Crippen LogP contribution is -2.54. The average Bonchev–Trinajstić information content (AvgIpc) is 3.06. The number of carbonyl (C=O) groups is 1. The third-order valence-electron chi connectivity index (χ3n) is 8.61. The quantitative estimate of drug-likeness (QED) is 0.740. The van der Waals surface area contributed by atoms with Crippen molar-refractivity contribution in [3.05, 3.63) is 42.1 Å². The van der Waals surface area contributed by atoms with Crippen molar-refractivity contribution >= 4 is 11.5 Å². The fourth-order valence-corrected chi connectivity index (χ4v) is 7.20. The Balaban J connectivity index is 1.49. The summed E-state index contributed by atoms with van der Waals surface area (Å²) in [6.45, 7) is 7.82. The number of amides is 1. The molecular formula is C24H31N3O. The number of hydrogen-bond donors (Lipinski definition) is 0. The first-order valence-corrected chi connectivity index (χ1v) is 11.0. The zero-order valence-electron chi connectivity index (χ0n) is 17.3. The number of nitrogens with zero attached hydrogens (tertiary/aromatic N) is 3. The zero-order chi connectivity index (χ0) is 19.5. The Hall–Kier alpha value is -1.97. The van der Waals surface area contributed by atoms with E-state index in [1.54, 1.807) is 6.20 Å². The van der Waals surface area contributed by atoms with Gasteiger partial charge in [0.1, 0.15) is 0 Å². The predicted octanol–water partition coefficient (Wildman–Crippen LogP) is 4.85. The van der Waals surface area contributed by atoms with E-state index >= 15 is 0 Å². The number of fused-ring (bicyclic) bond motifs is 5. The van der Waals surface area contributed by atoms with E-state index in [2.05, 4.69) is 47.8 Å². The van der Waals surface area contributed by atoms with Crippen molar-refractivity contribution in [1.82, 2.24) is 14.9 Å². The first-order valence-electron chi connectivity index (χ1n) is 11.0. The van der Waals surface area contributed by atoms with Crippen molar-refractivity contribution in [3.63, 3.8) is 0 Å². The summed E-state index contributed by atoms with van der Waals surface area (Å²) in [6, 6.07) is 0. The van der Waals surface area contributed by atoms with Crippen molar-refractivity contribution in [2.75, 3.05) is 6.54 Å². The number of hydrogen-bond acceptors (Lipinski definition) is 3. The van der Waals surface area contributed by atoms with Crippen molar-refractivity contribution in [2.24, 2.45) is 28.6 Å². The van der Waals surface area contributed by atoms with E-state index in [-0.39, 0.29) is 10.8 Å². The highest BCUT2D eigenvalue weighted by Gasteiger charge is 2.58. The molecule has 2 heterocycles. The number of rotatable bonds is 2. The van der Waals surface area contributed by atoms with Gasteiger partial charge in [0.25, 0.3) is 0 Å². The molecule has 0 N–H and O–H groups in total. The minimum absolute atomic E-state index is 0.156. The number of likely N-dealkylation sites (tertiary alicyclic amines) is 1. The average molecular weight is 378 g/mol. The highest BCUT2D eigenvalue weighted by Crippen LogP contribution is 2.65. The lowest BCUT2D eigenvalue weighted by Gasteiger charge is -2.58. The maximum atomic E-state index is 12.5. The standard InChI is InChI=1S/C24H31N3O/c1-4-27-21-8-5-16-17-6-7-19(20-15-25-13-14-26-20)23(17,2)11-9-18(16)24(21,3)12-10-22(27)28/h7-8,13-18H,4-6,9-12H2,1-3H3/t16-,17-,18-,23-,24+/m0/s1. The van der Waals surface area contributed by atoms with E-state index < -0.39 is 0 Å². The summed E-state index contributed by atoms with van der Waals surface area (Å²) in [6.07, 6.45) is 16.8. The Morgan fingerprint density at radius 3 is 2.71 bits per heavy atom. The predicted molar refractivity (Wildman–Crippen MR) is 110 cm³/mol. The molecule has 4 nitrogen and oxygen atoms in total. The summed E-state index contributed by atoms with van der Waals surface area (Å²) < 4.78 is 0. The highest BCUT2D eigenvalue weighted by atomic mass is 16.2. The summed E-state index contributed by atoms with van der Waals surface area (Å²) in [7, 11) is 0. The molecule has 1 saturated carbocycles. The first-order chi connectivity index (χ1) is 13.5. The largest absolute Gasteiger partial charge is 0.316 e. The van der Waals surface area contributed by atoms with Gasteiger partial charge >= 0.3 is 0 Å². The molecule has 148 valence electrons. The van der Waals surface area contributed by atoms with E-state index in [9.17, 15) is 4.79 Å². The number of allylic oxidation sites excluding steroid dienone is 4. The van der Waals surface area contributed by atoms with E-state index in [4.69, 9.17) is 0 Å². The molecular weight excluding hydrogens is 346 g/mol. The van der Waals surface area contributed by atoms with Crippen LogP contribution < -0.4 is 0 Å². The van der Waals surface area contributed by atoms with Crippen LogP contribution in [0.4, 0.5) is 0 Å². The van der Waals surface area contributed by atoms with Crippen LogP contribution in [0.1, 0.15) is 65.0 Å². The summed E-state index contributed by atoms with van der Waals surface area (Å²) in [5, 5.41) is 0. The molecule has 5 rings (SSSR count). The van der Waals surface area contributed by atoms with Crippen LogP contribution in [0.25, 0.3) is 5.57 Å². The van der Waals surface area contributed by atoms with E-state index in [1.165, 1.54) is 24.1 Å². The van der Waals surface area contributed by atoms with Gasteiger partial charge in [-0.1, -0.05) is 26.0 Å². The normalized spacial score (nSPS) is 39.6. The van der Waals surface area contributed by atoms with Crippen LogP contribution in [0, 0.1) is 28.6 Å². The molecule has 4 heteroatoms. The first kappa shape index (κ1) is 18.1. The summed E-state index contributed by atoms with van der Waals surface area (Å²) >= 11 is 0. The Morgan fingerprint density at radius 1 is 1.11 bits per heavy atom. The topological polar surface area (TPSA) is 46.1 Å².